The van der Waals surface area contributed by atoms with E-state index in [0.717, 1.165) is 30.4 Å². The molecule has 3 heterocycles. The van der Waals surface area contributed by atoms with Gasteiger partial charge in [0.15, 0.2) is 0 Å². The van der Waals surface area contributed by atoms with Crippen LogP contribution in [0.25, 0.3) is 0 Å². The van der Waals surface area contributed by atoms with Crippen molar-refractivity contribution in [2.45, 2.75) is 38.8 Å². The van der Waals surface area contributed by atoms with Crippen LogP contribution in [0.15, 0.2) is 12.1 Å². The number of carboxylic acid groups (broad SMARTS) is 1. The van der Waals surface area contributed by atoms with E-state index in [1.54, 1.807) is 11.3 Å². The van der Waals surface area contributed by atoms with Gasteiger partial charge in [-0.15, -0.1) is 11.3 Å². The molecule has 3 fully saturated rings. The maximum absolute atomic E-state index is 12.4. The maximum Gasteiger partial charge on any atom is 0.490 e. The predicted molar refractivity (Wildman–Crippen MR) is 95.9 cm³/mol. The van der Waals surface area contributed by atoms with Crippen LogP contribution >= 0.6 is 11.3 Å². The summed E-state index contributed by atoms with van der Waals surface area (Å²) in [6.45, 7) is 6.65. The van der Waals surface area contributed by atoms with Crippen molar-refractivity contribution in [1.82, 2.24) is 4.90 Å². The van der Waals surface area contributed by atoms with Crippen molar-refractivity contribution < 1.29 is 27.9 Å². The molecule has 5 nitrogen and oxygen atoms in total. The van der Waals surface area contributed by atoms with E-state index in [4.69, 9.17) is 9.90 Å². The summed E-state index contributed by atoms with van der Waals surface area (Å²) in [6.07, 6.45) is -0.288. The molecule has 1 amide bonds. The van der Waals surface area contributed by atoms with Crippen LogP contribution in [0.1, 0.15) is 30.6 Å². The van der Waals surface area contributed by atoms with Gasteiger partial charge in [-0.3, -0.25) is 4.79 Å². The summed E-state index contributed by atoms with van der Waals surface area (Å²) in [7, 11) is 0. The number of alkyl halides is 3. The highest BCUT2D eigenvalue weighted by atomic mass is 32.1. The highest BCUT2D eigenvalue weighted by Gasteiger charge is 2.48. The van der Waals surface area contributed by atoms with Gasteiger partial charge in [-0.1, -0.05) is 0 Å². The summed E-state index contributed by atoms with van der Waals surface area (Å²) < 4.78 is 31.7. The second kappa shape index (κ2) is 7.43. The van der Waals surface area contributed by atoms with E-state index in [0.29, 0.717) is 5.91 Å². The third-order valence-electron chi connectivity index (χ3n) is 5.29. The normalized spacial score (nSPS) is 25.8. The molecule has 1 aromatic heterocycles. The third-order valence-corrected chi connectivity index (χ3v) is 6.31. The molecule has 1 aliphatic carbocycles. The van der Waals surface area contributed by atoms with Crippen molar-refractivity contribution in [2.24, 2.45) is 11.3 Å². The second-order valence-corrected chi connectivity index (χ2v) is 9.04. The van der Waals surface area contributed by atoms with Gasteiger partial charge in [0.05, 0.1) is 5.00 Å². The Balaban J connectivity index is 0.000000260. The van der Waals surface area contributed by atoms with Crippen LogP contribution < -0.4 is 4.90 Å². The van der Waals surface area contributed by atoms with Crippen LogP contribution in [0.2, 0.25) is 0 Å². The molecule has 0 radical (unpaired) electrons. The quantitative estimate of drug-likeness (QED) is 0.837. The van der Waals surface area contributed by atoms with Gasteiger partial charge in [-0.2, -0.15) is 13.2 Å². The van der Waals surface area contributed by atoms with Gasteiger partial charge in [-0.25, -0.2) is 4.79 Å². The fourth-order valence-electron chi connectivity index (χ4n) is 3.79. The molecule has 1 aromatic rings. The first kappa shape index (κ1) is 20.1. The molecule has 1 N–H and O–H groups in total. The molecule has 2 saturated heterocycles. The highest BCUT2D eigenvalue weighted by Crippen LogP contribution is 2.44. The van der Waals surface area contributed by atoms with Crippen molar-refractivity contribution in [3.8, 4) is 0 Å². The van der Waals surface area contributed by atoms with Gasteiger partial charge in [0.1, 0.15) is 0 Å². The monoisotopic (exact) mass is 404 g/mol. The SMILES string of the molecule is Cc1ccc(N2CC3(CCN(CC4CC4)C3)CC2=O)s1.O=C(O)C(F)(F)F. The Bertz CT molecular complexity index is 717. The average molecular weight is 404 g/mol. The van der Waals surface area contributed by atoms with E-state index in [2.05, 4.69) is 24.0 Å². The van der Waals surface area contributed by atoms with Crippen molar-refractivity contribution in [1.29, 1.82) is 0 Å². The number of nitrogens with zero attached hydrogens (tertiary/aromatic N) is 2. The fraction of sp³-hybridized carbons (Fsp3) is 0.667. The van der Waals surface area contributed by atoms with E-state index in [9.17, 15) is 18.0 Å². The number of hydrogen-bond acceptors (Lipinski definition) is 4. The highest BCUT2D eigenvalue weighted by molar-refractivity contribution is 7.16. The van der Waals surface area contributed by atoms with Gasteiger partial charge in [0, 0.05) is 36.3 Å². The smallest absolute Gasteiger partial charge is 0.475 e. The van der Waals surface area contributed by atoms with E-state index in [1.165, 1.54) is 37.2 Å². The Labute approximate surface area is 159 Å². The number of carbonyl (C=O) groups excluding carboxylic acids is 1. The Morgan fingerprint density at radius 3 is 2.52 bits per heavy atom. The predicted octanol–water partition coefficient (Wildman–Crippen LogP) is 3.53. The van der Waals surface area contributed by atoms with Crippen LogP contribution in [0.4, 0.5) is 18.2 Å². The molecule has 150 valence electrons. The Morgan fingerprint density at radius 2 is 2.00 bits per heavy atom. The molecule has 3 aliphatic rings. The van der Waals surface area contributed by atoms with E-state index in [1.807, 2.05) is 4.90 Å². The maximum atomic E-state index is 12.4. The Morgan fingerprint density at radius 1 is 1.33 bits per heavy atom. The van der Waals surface area contributed by atoms with E-state index in [-0.39, 0.29) is 5.41 Å². The molecule has 0 bridgehead atoms. The summed E-state index contributed by atoms with van der Waals surface area (Å²) in [5.41, 5.74) is 0.240. The van der Waals surface area contributed by atoms with Gasteiger partial charge >= 0.3 is 12.1 Å². The molecule has 1 spiro atoms. The van der Waals surface area contributed by atoms with Crippen LogP contribution in [0, 0.1) is 18.3 Å². The summed E-state index contributed by atoms with van der Waals surface area (Å²) in [6, 6.07) is 4.22. The lowest BCUT2D eigenvalue weighted by molar-refractivity contribution is -0.192. The van der Waals surface area contributed by atoms with Crippen molar-refractivity contribution in [3.05, 3.63) is 17.0 Å². The zero-order valence-electron chi connectivity index (χ0n) is 15.1. The summed E-state index contributed by atoms with van der Waals surface area (Å²) in [4.78, 5) is 27.2. The lowest BCUT2D eigenvalue weighted by Gasteiger charge is -2.23. The minimum absolute atomic E-state index is 0.240. The first-order chi connectivity index (χ1) is 12.6. The number of amides is 1. The van der Waals surface area contributed by atoms with Crippen LogP contribution in [-0.4, -0.2) is 54.2 Å². The molecular formula is C18H23F3N2O3S. The number of carbonyl (C=O) groups is 2. The van der Waals surface area contributed by atoms with Gasteiger partial charge in [0.25, 0.3) is 0 Å². The third kappa shape index (κ3) is 5.01. The first-order valence-corrected chi connectivity index (χ1v) is 9.79. The van der Waals surface area contributed by atoms with Crippen molar-refractivity contribution >= 4 is 28.2 Å². The number of hydrogen-bond donors (Lipinski definition) is 1. The zero-order chi connectivity index (χ0) is 19.8. The minimum atomic E-state index is -5.08. The topological polar surface area (TPSA) is 60.9 Å². The average Bonchev–Trinajstić information content (AvgIpc) is 2.98. The largest absolute Gasteiger partial charge is 0.490 e. The number of anilines is 1. The van der Waals surface area contributed by atoms with Crippen LogP contribution in [0.3, 0.4) is 0 Å². The molecule has 9 heteroatoms. The number of aryl methyl sites for hydroxylation is 1. The minimum Gasteiger partial charge on any atom is -0.475 e. The lowest BCUT2D eigenvalue weighted by atomic mass is 9.86. The number of aliphatic carboxylic acids is 1. The first-order valence-electron chi connectivity index (χ1n) is 8.97. The number of likely N-dealkylation sites (tertiary alicyclic amines) is 1. The zero-order valence-corrected chi connectivity index (χ0v) is 15.9. The molecule has 1 saturated carbocycles. The Kier molecular flexibility index (Phi) is 5.54. The number of rotatable bonds is 3. The van der Waals surface area contributed by atoms with E-state index < -0.39 is 12.1 Å². The van der Waals surface area contributed by atoms with Gasteiger partial charge in [0.2, 0.25) is 5.91 Å². The van der Waals surface area contributed by atoms with Crippen LogP contribution in [0.5, 0.6) is 0 Å². The second-order valence-electron chi connectivity index (χ2n) is 7.77. The molecule has 1 unspecified atom stereocenters. The molecular weight excluding hydrogens is 381 g/mol. The Hall–Kier alpha value is -1.61. The fourth-order valence-corrected chi connectivity index (χ4v) is 4.66. The number of halogens is 3. The molecule has 4 rings (SSSR count). The van der Waals surface area contributed by atoms with E-state index >= 15 is 0 Å². The number of carboxylic acids is 1. The molecule has 2 aliphatic heterocycles. The summed E-state index contributed by atoms with van der Waals surface area (Å²) in [5.74, 6) is -1.47. The van der Waals surface area contributed by atoms with Crippen LogP contribution in [-0.2, 0) is 9.59 Å². The van der Waals surface area contributed by atoms with Gasteiger partial charge < -0.3 is 14.9 Å². The molecule has 27 heavy (non-hydrogen) atoms. The summed E-state index contributed by atoms with van der Waals surface area (Å²) in [5, 5.41) is 8.27. The summed E-state index contributed by atoms with van der Waals surface area (Å²) >= 11 is 1.74. The lowest BCUT2D eigenvalue weighted by Crippen LogP contribution is -2.31. The van der Waals surface area contributed by atoms with Crippen molar-refractivity contribution in [3.63, 3.8) is 0 Å². The number of thiophene rings is 1. The standard InChI is InChI=1S/C16H22N2OS.C2HF3O2/c1-12-2-5-15(20-12)18-11-16(8-14(18)19)6-7-17(10-16)9-13-3-4-13;3-2(4,5)1(6)7/h2,5,13H,3-4,6-11H2,1H3;(H,6,7). The van der Waals surface area contributed by atoms with Crippen molar-refractivity contribution in [2.75, 3.05) is 31.1 Å². The van der Waals surface area contributed by atoms with Gasteiger partial charge in [-0.05, 0) is 50.8 Å². The molecule has 0 aromatic carbocycles. The molecule has 1 atom stereocenters.